The van der Waals surface area contributed by atoms with Gasteiger partial charge in [-0.05, 0) is 31.5 Å². The van der Waals surface area contributed by atoms with Crippen LogP contribution in [0.25, 0.3) is 0 Å². The van der Waals surface area contributed by atoms with Crippen molar-refractivity contribution in [1.29, 1.82) is 0 Å². The molecule has 6 heteroatoms. The fourth-order valence-corrected chi connectivity index (χ4v) is 3.26. The zero-order valence-corrected chi connectivity index (χ0v) is 14.0. The van der Waals surface area contributed by atoms with Crippen molar-refractivity contribution in [3.8, 4) is 0 Å². The monoisotopic (exact) mass is 342 g/mol. The number of hydrogen-bond acceptors (Lipinski definition) is 2. The summed E-state index contributed by atoms with van der Waals surface area (Å²) in [4.78, 5) is 14.2. The molecule has 2 rings (SSSR count). The largest absolute Gasteiger partial charge is 0.416 e. The van der Waals surface area contributed by atoms with Crippen LogP contribution in [0.15, 0.2) is 24.3 Å². The van der Waals surface area contributed by atoms with E-state index in [1.165, 1.54) is 50.3 Å². The van der Waals surface area contributed by atoms with Crippen molar-refractivity contribution >= 4 is 5.91 Å². The van der Waals surface area contributed by atoms with Crippen LogP contribution in [0.5, 0.6) is 0 Å². The van der Waals surface area contributed by atoms with Crippen molar-refractivity contribution in [1.82, 2.24) is 10.2 Å². The van der Waals surface area contributed by atoms with E-state index in [9.17, 15) is 18.0 Å². The summed E-state index contributed by atoms with van der Waals surface area (Å²) in [5, 5.41) is 2.73. The number of benzene rings is 1. The second-order valence-corrected chi connectivity index (χ2v) is 6.45. The predicted molar refractivity (Wildman–Crippen MR) is 87.7 cm³/mol. The topological polar surface area (TPSA) is 32.3 Å². The maximum absolute atomic E-state index is 12.9. The molecule has 3 nitrogen and oxygen atoms in total. The van der Waals surface area contributed by atoms with Crippen LogP contribution in [0.1, 0.15) is 43.2 Å². The SMILES string of the molecule is CN(CCNC(=O)Cc1ccccc1C(F)(F)F)C1CCCCC1. The first kappa shape index (κ1) is 18.8. The molecule has 0 spiro atoms. The Bertz CT molecular complexity index is 539. The maximum Gasteiger partial charge on any atom is 0.416 e. The highest BCUT2D eigenvalue weighted by Gasteiger charge is 2.33. The van der Waals surface area contributed by atoms with Crippen molar-refractivity contribution in [2.75, 3.05) is 20.1 Å². The summed E-state index contributed by atoms with van der Waals surface area (Å²) in [6.07, 6.45) is 1.47. The number of alkyl halides is 3. The van der Waals surface area contributed by atoms with Crippen molar-refractivity contribution in [2.45, 2.75) is 50.7 Å². The Labute approximate surface area is 141 Å². The van der Waals surface area contributed by atoms with E-state index < -0.39 is 11.7 Å². The van der Waals surface area contributed by atoms with Gasteiger partial charge in [0, 0.05) is 19.1 Å². The number of amides is 1. The number of halogens is 3. The molecular formula is C18H25F3N2O. The number of nitrogens with zero attached hydrogens (tertiary/aromatic N) is 1. The average Bonchev–Trinajstić information content (AvgIpc) is 2.55. The van der Waals surface area contributed by atoms with E-state index in [1.54, 1.807) is 0 Å². The molecule has 24 heavy (non-hydrogen) atoms. The van der Waals surface area contributed by atoms with E-state index in [-0.39, 0.29) is 17.9 Å². The summed E-state index contributed by atoms with van der Waals surface area (Å²) < 4.78 is 38.8. The molecule has 1 N–H and O–H groups in total. The molecule has 1 amide bonds. The highest BCUT2D eigenvalue weighted by molar-refractivity contribution is 5.79. The maximum atomic E-state index is 12.9. The minimum atomic E-state index is -4.43. The molecule has 1 aromatic carbocycles. The molecule has 0 saturated heterocycles. The Hall–Kier alpha value is -1.56. The summed E-state index contributed by atoms with van der Waals surface area (Å²) in [7, 11) is 2.04. The highest BCUT2D eigenvalue weighted by atomic mass is 19.4. The van der Waals surface area contributed by atoms with E-state index in [0.29, 0.717) is 12.6 Å². The van der Waals surface area contributed by atoms with Gasteiger partial charge >= 0.3 is 6.18 Å². The van der Waals surface area contributed by atoms with Crippen molar-refractivity contribution in [3.63, 3.8) is 0 Å². The van der Waals surface area contributed by atoms with Gasteiger partial charge in [-0.3, -0.25) is 4.79 Å². The number of carbonyl (C=O) groups excluding carboxylic acids is 1. The third-order valence-corrected chi connectivity index (χ3v) is 4.66. The molecule has 1 aliphatic carbocycles. The quantitative estimate of drug-likeness (QED) is 0.856. The first-order valence-electron chi connectivity index (χ1n) is 8.50. The molecule has 1 aromatic rings. The van der Waals surface area contributed by atoms with Crippen LogP contribution in [0.2, 0.25) is 0 Å². The molecule has 0 bridgehead atoms. The minimum absolute atomic E-state index is 0.0168. The summed E-state index contributed by atoms with van der Waals surface area (Å²) in [6, 6.07) is 5.79. The third kappa shape index (κ3) is 5.51. The predicted octanol–water partition coefficient (Wildman–Crippen LogP) is 3.63. The average molecular weight is 342 g/mol. The van der Waals surface area contributed by atoms with Gasteiger partial charge in [-0.25, -0.2) is 0 Å². The van der Waals surface area contributed by atoms with E-state index in [2.05, 4.69) is 10.2 Å². The van der Waals surface area contributed by atoms with Crippen LogP contribution < -0.4 is 5.32 Å². The molecule has 1 fully saturated rings. The first-order valence-corrected chi connectivity index (χ1v) is 8.50. The van der Waals surface area contributed by atoms with E-state index >= 15 is 0 Å². The zero-order valence-electron chi connectivity index (χ0n) is 14.0. The van der Waals surface area contributed by atoms with Crippen molar-refractivity contribution < 1.29 is 18.0 Å². The molecule has 1 saturated carbocycles. The molecular weight excluding hydrogens is 317 g/mol. The highest BCUT2D eigenvalue weighted by Crippen LogP contribution is 2.32. The van der Waals surface area contributed by atoms with Gasteiger partial charge in [-0.15, -0.1) is 0 Å². The fourth-order valence-electron chi connectivity index (χ4n) is 3.26. The minimum Gasteiger partial charge on any atom is -0.355 e. The molecule has 0 heterocycles. The van der Waals surface area contributed by atoms with Gasteiger partial charge in [-0.2, -0.15) is 13.2 Å². The molecule has 0 atom stereocenters. The zero-order chi connectivity index (χ0) is 17.6. The second-order valence-electron chi connectivity index (χ2n) is 6.45. The lowest BCUT2D eigenvalue weighted by Gasteiger charge is -2.31. The van der Waals surface area contributed by atoms with Crippen LogP contribution in [0, 0.1) is 0 Å². The molecule has 0 radical (unpaired) electrons. The Morgan fingerprint density at radius 1 is 1.21 bits per heavy atom. The van der Waals surface area contributed by atoms with Gasteiger partial charge < -0.3 is 10.2 Å². The van der Waals surface area contributed by atoms with E-state index in [0.717, 1.165) is 12.6 Å². The van der Waals surface area contributed by atoms with Gasteiger partial charge in [0.05, 0.1) is 12.0 Å². The summed E-state index contributed by atoms with van der Waals surface area (Å²) in [5.74, 6) is -0.372. The van der Waals surface area contributed by atoms with Gasteiger partial charge in [0.25, 0.3) is 0 Å². The number of carbonyl (C=O) groups is 1. The second kappa shape index (κ2) is 8.51. The van der Waals surface area contributed by atoms with Gasteiger partial charge in [0.15, 0.2) is 0 Å². The van der Waals surface area contributed by atoms with Crippen LogP contribution in [0.4, 0.5) is 13.2 Å². The van der Waals surface area contributed by atoms with Crippen LogP contribution in [-0.2, 0) is 17.4 Å². The lowest BCUT2D eigenvalue weighted by Crippen LogP contribution is -2.39. The standard InChI is InChI=1S/C18H25F3N2O/c1-23(15-8-3-2-4-9-15)12-11-22-17(24)13-14-7-5-6-10-16(14)18(19,20)21/h5-7,10,15H,2-4,8-9,11-13H2,1H3,(H,22,24). The summed E-state index contributed by atoms with van der Waals surface area (Å²) >= 11 is 0. The Kier molecular flexibility index (Phi) is 6.66. The summed E-state index contributed by atoms with van der Waals surface area (Å²) in [6.45, 7) is 1.18. The molecule has 134 valence electrons. The normalized spacial score (nSPS) is 16.4. The number of likely N-dealkylation sites (N-methyl/N-ethyl adjacent to an activating group) is 1. The van der Waals surface area contributed by atoms with Crippen LogP contribution in [-0.4, -0.2) is 37.0 Å². The van der Waals surface area contributed by atoms with E-state index in [1.807, 2.05) is 7.05 Å². The number of rotatable bonds is 6. The Morgan fingerprint density at radius 3 is 2.54 bits per heavy atom. The lowest BCUT2D eigenvalue weighted by molar-refractivity contribution is -0.138. The van der Waals surface area contributed by atoms with Gasteiger partial charge in [0.2, 0.25) is 5.91 Å². The van der Waals surface area contributed by atoms with Gasteiger partial charge in [-0.1, -0.05) is 37.5 Å². The van der Waals surface area contributed by atoms with Crippen molar-refractivity contribution in [2.24, 2.45) is 0 Å². The van der Waals surface area contributed by atoms with Crippen LogP contribution >= 0.6 is 0 Å². The lowest BCUT2D eigenvalue weighted by atomic mass is 9.94. The third-order valence-electron chi connectivity index (χ3n) is 4.66. The van der Waals surface area contributed by atoms with Gasteiger partial charge in [0.1, 0.15) is 0 Å². The molecule has 0 aromatic heterocycles. The fraction of sp³-hybridized carbons (Fsp3) is 0.611. The van der Waals surface area contributed by atoms with E-state index in [4.69, 9.17) is 0 Å². The molecule has 0 aliphatic heterocycles. The Balaban J connectivity index is 1.79. The van der Waals surface area contributed by atoms with Crippen LogP contribution in [0.3, 0.4) is 0 Å². The first-order chi connectivity index (χ1) is 11.4. The molecule has 0 unspecified atom stereocenters. The number of nitrogens with one attached hydrogen (secondary N) is 1. The smallest absolute Gasteiger partial charge is 0.355 e. The Morgan fingerprint density at radius 2 is 1.88 bits per heavy atom. The van der Waals surface area contributed by atoms with Crippen molar-refractivity contribution in [3.05, 3.63) is 35.4 Å². The summed E-state index contributed by atoms with van der Waals surface area (Å²) in [5.41, 5.74) is -0.720. The molecule has 1 aliphatic rings. The number of hydrogen-bond donors (Lipinski definition) is 1.